The fourth-order valence-corrected chi connectivity index (χ4v) is 4.73. The van der Waals surface area contributed by atoms with Gasteiger partial charge in [0.05, 0.1) is 0 Å². The van der Waals surface area contributed by atoms with Crippen LogP contribution in [0.3, 0.4) is 0 Å². The quantitative estimate of drug-likeness (QED) is 0.559. The number of anilines is 3. The van der Waals surface area contributed by atoms with E-state index in [1.807, 2.05) is 56.1 Å². The molecule has 5 nitrogen and oxygen atoms in total. The summed E-state index contributed by atoms with van der Waals surface area (Å²) in [6.45, 7) is 5.61. The molecule has 0 aliphatic carbocycles. The molecule has 0 aromatic heterocycles. The molecule has 3 aromatic carbocycles. The van der Waals surface area contributed by atoms with E-state index in [-0.39, 0.29) is 12.0 Å². The Bertz CT molecular complexity index is 1200. The minimum Gasteiger partial charge on any atom is -0.367 e. The number of fused-ring (bicyclic) bond motifs is 1. The number of nitrogens with one attached hydrogen (secondary N) is 1. The minimum absolute atomic E-state index is 0.119. The predicted molar refractivity (Wildman–Crippen MR) is 129 cm³/mol. The van der Waals surface area contributed by atoms with Gasteiger partial charge in [-0.3, -0.25) is 9.59 Å². The number of benzene rings is 2. The van der Waals surface area contributed by atoms with Crippen LogP contribution in [-0.2, 0) is 6.54 Å². The third-order valence-corrected chi connectivity index (χ3v) is 6.64. The number of nitrogens with zero attached hydrogens (tertiary/aromatic N) is 2. The van der Waals surface area contributed by atoms with Gasteiger partial charge in [0, 0.05) is 47.8 Å². The standard InChI is InChI=1S/C24H25Cl2N3O2/c1-13(2)29(4)22-21(23(30)24(22)31)27-16-7-5-14(6-8-16)18-11-28(3)12-19-17(18)9-15(25)10-20(19)26/h5-10,13,18,27H,11-12H2,1-4H3/t18-/m0/s1. The fourth-order valence-electron chi connectivity index (χ4n) is 4.16. The molecule has 0 unspecified atom stereocenters. The van der Waals surface area contributed by atoms with E-state index < -0.39 is 10.9 Å². The summed E-state index contributed by atoms with van der Waals surface area (Å²) in [5, 5.41) is 4.47. The molecular formula is C24H25Cl2N3O2. The zero-order chi connectivity index (χ0) is 22.4. The van der Waals surface area contributed by atoms with Crippen LogP contribution in [0.15, 0.2) is 46.0 Å². The Hall–Kier alpha value is -2.34. The van der Waals surface area contributed by atoms with Gasteiger partial charge in [0.25, 0.3) is 10.9 Å². The Kier molecular flexibility index (Phi) is 5.86. The monoisotopic (exact) mass is 457 g/mol. The third kappa shape index (κ3) is 3.98. The van der Waals surface area contributed by atoms with Crippen LogP contribution in [-0.4, -0.2) is 31.6 Å². The molecule has 0 saturated heterocycles. The van der Waals surface area contributed by atoms with Crippen molar-refractivity contribution in [3.63, 3.8) is 0 Å². The smallest absolute Gasteiger partial charge is 0.253 e. The third-order valence-electron chi connectivity index (χ3n) is 6.09. The lowest BCUT2D eigenvalue weighted by Crippen LogP contribution is -2.43. The molecule has 0 spiro atoms. The van der Waals surface area contributed by atoms with E-state index in [1.54, 1.807) is 6.07 Å². The summed E-state index contributed by atoms with van der Waals surface area (Å²) in [4.78, 5) is 28.3. The van der Waals surface area contributed by atoms with E-state index in [9.17, 15) is 9.59 Å². The number of likely N-dealkylation sites (N-methyl/N-ethyl adjacent to an activating group) is 1. The van der Waals surface area contributed by atoms with Crippen LogP contribution in [0.25, 0.3) is 0 Å². The van der Waals surface area contributed by atoms with Crippen LogP contribution in [0.4, 0.5) is 17.1 Å². The molecule has 0 saturated carbocycles. The summed E-state index contributed by atoms with van der Waals surface area (Å²) in [5.74, 6) is 0.146. The summed E-state index contributed by atoms with van der Waals surface area (Å²) in [5.41, 5.74) is 4.05. The van der Waals surface area contributed by atoms with Crippen LogP contribution < -0.4 is 21.1 Å². The Morgan fingerprint density at radius 3 is 2.42 bits per heavy atom. The summed E-state index contributed by atoms with van der Waals surface area (Å²) in [6, 6.07) is 11.9. The molecule has 1 aliphatic heterocycles. The van der Waals surface area contributed by atoms with E-state index in [2.05, 4.69) is 17.3 Å². The van der Waals surface area contributed by atoms with Gasteiger partial charge in [0.1, 0.15) is 11.4 Å². The van der Waals surface area contributed by atoms with E-state index in [4.69, 9.17) is 23.2 Å². The lowest BCUT2D eigenvalue weighted by atomic mass is 9.84. The second-order valence-corrected chi connectivity index (χ2v) is 9.38. The molecule has 4 rings (SSSR count). The van der Waals surface area contributed by atoms with Gasteiger partial charge in [-0.15, -0.1) is 0 Å². The molecule has 0 amide bonds. The highest BCUT2D eigenvalue weighted by Gasteiger charge is 2.28. The van der Waals surface area contributed by atoms with Gasteiger partial charge >= 0.3 is 0 Å². The molecule has 1 N–H and O–H groups in total. The maximum absolute atomic E-state index is 12.1. The average molecular weight is 458 g/mol. The lowest BCUT2D eigenvalue weighted by molar-refractivity contribution is 0.295. The zero-order valence-electron chi connectivity index (χ0n) is 18.0. The van der Waals surface area contributed by atoms with Crippen LogP contribution in [0.2, 0.25) is 10.0 Å². The number of hydrogen-bond acceptors (Lipinski definition) is 5. The summed E-state index contributed by atoms with van der Waals surface area (Å²) < 4.78 is 0. The lowest BCUT2D eigenvalue weighted by Gasteiger charge is -2.33. The maximum atomic E-state index is 12.1. The summed E-state index contributed by atoms with van der Waals surface area (Å²) in [7, 11) is 3.90. The number of halogens is 2. The van der Waals surface area contributed by atoms with Crippen molar-refractivity contribution < 1.29 is 0 Å². The molecule has 162 valence electrons. The van der Waals surface area contributed by atoms with Crippen molar-refractivity contribution in [2.45, 2.75) is 32.4 Å². The van der Waals surface area contributed by atoms with Crippen LogP contribution >= 0.6 is 23.2 Å². The number of hydrogen-bond donors (Lipinski definition) is 1. The normalized spacial score (nSPS) is 16.5. The Morgan fingerprint density at radius 2 is 1.77 bits per heavy atom. The van der Waals surface area contributed by atoms with E-state index >= 15 is 0 Å². The van der Waals surface area contributed by atoms with Crippen molar-refractivity contribution >= 4 is 40.3 Å². The van der Waals surface area contributed by atoms with Crippen molar-refractivity contribution in [1.82, 2.24) is 4.90 Å². The Labute approximate surface area is 191 Å². The highest BCUT2D eigenvalue weighted by Crippen LogP contribution is 2.38. The second kappa shape index (κ2) is 8.30. The maximum Gasteiger partial charge on any atom is 0.253 e. The fraction of sp³-hybridized carbons (Fsp3) is 0.333. The number of rotatable bonds is 5. The van der Waals surface area contributed by atoms with Crippen molar-refractivity contribution in [2.24, 2.45) is 0 Å². The second-order valence-electron chi connectivity index (χ2n) is 8.54. The molecule has 7 heteroatoms. The highest BCUT2D eigenvalue weighted by atomic mass is 35.5. The van der Waals surface area contributed by atoms with E-state index in [0.717, 1.165) is 35.5 Å². The minimum atomic E-state index is -0.473. The van der Waals surface area contributed by atoms with Gasteiger partial charge in [0.15, 0.2) is 0 Å². The van der Waals surface area contributed by atoms with Gasteiger partial charge in [0.2, 0.25) is 0 Å². The van der Waals surface area contributed by atoms with Gasteiger partial charge in [-0.1, -0.05) is 35.3 Å². The zero-order valence-corrected chi connectivity index (χ0v) is 19.5. The SMILES string of the molecule is CC(C)N(C)c1c(Nc2ccc([C@@H]3CN(C)Cc4c(Cl)cc(Cl)cc43)cc2)c(=O)c1=O. The molecular weight excluding hydrogens is 433 g/mol. The highest BCUT2D eigenvalue weighted by molar-refractivity contribution is 6.35. The molecule has 31 heavy (non-hydrogen) atoms. The first-order chi connectivity index (χ1) is 14.7. The first-order valence-electron chi connectivity index (χ1n) is 10.3. The van der Waals surface area contributed by atoms with Gasteiger partial charge in [-0.05, 0) is 61.9 Å². The molecule has 0 radical (unpaired) electrons. The Morgan fingerprint density at radius 1 is 1.10 bits per heavy atom. The molecule has 3 aromatic rings. The van der Waals surface area contributed by atoms with Crippen molar-refractivity contribution in [3.05, 3.63) is 83.6 Å². The molecule has 0 bridgehead atoms. The first kappa shape index (κ1) is 21.9. The largest absolute Gasteiger partial charge is 0.367 e. The van der Waals surface area contributed by atoms with Crippen LogP contribution in [0, 0.1) is 0 Å². The van der Waals surface area contributed by atoms with E-state index in [1.165, 1.54) is 0 Å². The molecule has 1 heterocycles. The topological polar surface area (TPSA) is 52.6 Å². The van der Waals surface area contributed by atoms with Crippen molar-refractivity contribution in [3.8, 4) is 0 Å². The van der Waals surface area contributed by atoms with Gasteiger partial charge in [-0.2, -0.15) is 0 Å². The van der Waals surface area contributed by atoms with Crippen LogP contribution in [0.1, 0.15) is 36.5 Å². The van der Waals surface area contributed by atoms with Gasteiger partial charge < -0.3 is 15.1 Å². The van der Waals surface area contributed by atoms with Crippen LogP contribution in [0.5, 0.6) is 0 Å². The Balaban J connectivity index is 1.62. The first-order valence-corrected chi connectivity index (χ1v) is 11.0. The van der Waals surface area contributed by atoms with Gasteiger partial charge in [-0.25, -0.2) is 0 Å². The summed E-state index contributed by atoms with van der Waals surface area (Å²) in [6.07, 6.45) is 0. The summed E-state index contributed by atoms with van der Waals surface area (Å²) >= 11 is 12.8. The predicted octanol–water partition coefficient (Wildman–Crippen LogP) is 4.75. The van der Waals surface area contributed by atoms with Crippen molar-refractivity contribution in [2.75, 3.05) is 30.9 Å². The molecule has 0 fully saturated rings. The molecule has 1 atom stereocenters. The van der Waals surface area contributed by atoms with Crippen molar-refractivity contribution in [1.29, 1.82) is 0 Å². The van der Waals surface area contributed by atoms with E-state index in [0.29, 0.717) is 21.4 Å². The average Bonchev–Trinajstić information content (AvgIpc) is 2.73. The molecule has 1 aliphatic rings.